The van der Waals surface area contributed by atoms with Gasteiger partial charge in [0.25, 0.3) is 0 Å². The third-order valence-corrected chi connectivity index (χ3v) is 8.85. The fourth-order valence-electron chi connectivity index (χ4n) is 5.13. The van der Waals surface area contributed by atoms with Gasteiger partial charge in [-0.2, -0.15) is 0 Å². The Kier molecular flexibility index (Phi) is 10.6. The van der Waals surface area contributed by atoms with Gasteiger partial charge >= 0.3 is 5.97 Å². The number of esters is 1. The highest BCUT2D eigenvalue weighted by atomic mass is 32.2. The number of benzene rings is 3. The van der Waals surface area contributed by atoms with Crippen LogP contribution in [0.25, 0.3) is 11.1 Å². The molecule has 0 spiro atoms. The van der Waals surface area contributed by atoms with Gasteiger partial charge in [-0.3, -0.25) is 4.79 Å². The Morgan fingerprint density at radius 1 is 0.950 bits per heavy atom. The van der Waals surface area contributed by atoms with E-state index in [1.165, 1.54) is 19.2 Å². The molecule has 1 aliphatic carbocycles. The van der Waals surface area contributed by atoms with E-state index in [2.05, 4.69) is 41.1 Å². The van der Waals surface area contributed by atoms with Gasteiger partial charge in [0.1, 0.15) is 5.82 Å². The molecule has 3 aromatic rings. The van der Waals surface area contributed by atoms with Gasteiger partial charge in [0, 0.05) is 13.0 Å². The summed E-state index contributed by atoms with van der Waals surface area (Å²) in [7, 11) is -2.38. The Bertz CT molecular complexity index is 1360. The first kappa shape index (κ1) is 29.6. The van der Waals surface area contributed by atoms with Crippen LogP contribution in [0.4, 0.5) is 4.39 Å². The van der Waals surface area contributed by atoms with Crippen LogP contribution in [0.1, 0.15) is 37.7 Å². The van der Waals surface area contributed by atoms with E-state index in [4.69, 9.17) is 9.47 Å². The number of hydrogen-bond donors (Lipinski definition) is 1. The molecular weight excluding hydrogens is 529 g/mol. The lowest BCUT2D eigenvalue weighted by Crippen LogP contribution is -2.33. The number of carbonyl (C=O) groups is 1. The third kappa shape index (κ3) is 8.34. The minimum atomic E-state index is -3.76. The van der Waals surface area contributed by atoms with Crippen LogP contribution >= 0.6 is 0 Å². The predicted octanol–water partition coefficient (Wildman–Crippen LogP) is 6.28. The van der Waals surface area contributed by atoms with E-state index in [1.54, 1.807) is 0 Å². The van der Waals surface area contributed by atoms with E-state index >= 15 is 0 Å². The highest BCUT2D eigenvalue weighted by Gasteiger charge is 2.36. The summed E-state index contributed by atoms with van der Waals surface area (Å²) in [5.74, 6) is -0.554. The zero-order valence-electron chi connectivity index (χ0n) is 22.7. The van der Waals surface area contributed by atoms with Gasteiger partial charge in [-0.1, -0.05) is 66.7 Å². The number of rotatable bonds is 13. The quantitative estimate of drug-likeness (QED) is 0.195. The maximum absolute atomic E-state index is 13.3. The van der Waals surface area contributed by atoms with Crippen LogP contribution in [0.15, 0.2) is 95.9 Å². The third-order valence-electron chi connectivity index (χ3n) is 7.41. The van der Waals surface area contributed by atoms with Crippen LogP contribution in [0.5, 0.6) is 0 Å². The smallest absolute Gasteiger partial charge is 0.305 e. The Morgan fingerprint density at radius 3 is 2.35 bits per heavy atom. The van der Waals surface area contributed by atoms with E-state index in [-0.39, 0.29) is 35.3 Å². The molecule has 0 aliphatic heterocycles. The molecule has 0 bridgehead atoms. The first-order valence-corrected chi connectivity index (χ1v) is 15.1. The zero-order valence-corrected chi connectivity index (χ0v) is 23.5. The van der Waals surface area contributed by atoms with Gasteiger partial charge in [0.05, 0.1) is 24.7 Å². The number of halogens is 1. The van der Waals surface area contributed by atoms with Crippen LogP contribution in [-0.2, 0) is 30.9 Å². The molecule has 8 heteroatoms. The summed E-state index contributed by atoms with van der Waals surface area (Å²) in [6, 6.07) is 23.4. The molecule has 0 heterocycles. The van der Waals surface area contributed by atoms with Crippen LogP contribution in [0.2, 0.25) is 0 Å². The van der Waals surface area contributed by atoms with E-state index in [0.29, 0.717) is 25.9 Å². The SMILES string of the molecule is COC(=O)CCC=CC[C@@H]1[C@@H](CNS(=O)(=O)c2ccc(F)cc2)CC[C@@H]1OCc1ccc(-c2ccccc2)cc1. The maximum atomic E-state index is 13.3. The van der Waals surface area contributed by atoms with Gasteiger partial charge in [-0.25, -0.2) is 17.5 Å². The van der Waals surface area contributed by atoms with Crippen LogP contribution in [0.3, 0.4) is 0 Å². The Balaban J connectivity index is 1.38. The second-order valence-corrected chi connectivity index (χ2v) is 11.8. The monoisotopic (exact) mass is 565 g/mol. The second-order valence-electron chi connectivity index (χ2n) is 10.0. The zero-order chi connectivity index (χ0) is 28.4. The van der Waals surface area contributed by atoms with Crippen molar-refractivity contribution in [1.29, 1.82) is 0 Å². The number of methoxy groups -OCH3 is 1. The molecule has 0 aromatic heterocycles. The molecule has 0 unspecified atom stereocenters. The van der Waals surface area contributed by atoms with Crippen LogP contribution < -0.4 is 4.72 Å². The van der Waals surface area contributed by atoms with E-state index in [0.717, 1.165) is 41.7 Å². The predicted molar refractivity (Wildman–Crippen MR) is 153 cm³/mol. The van der Waals surface area contributed by atoms with Crippen molar-refractivity contribution in [2.24, 2.45) is 11.8 Å². The van der Waals surface area contributed by atoms with Gasteiger partial charge < -0.3 is 9.47 Å². The summed E-state index contributed by atoms with van der Waals surface area (Å²) in [5, 5.41) is 0. The average Bonchev–Trinajstić information content (AvgIpc) is 3.37. The van der Waals surface area contributed by atoms with Crippen molar-refractivity contribution in [3.8, 4) is 11.1 Å². The number of allylic oxidation sites excluding steroid dienone is 2. The summed E-state index contributed by atoms with van der Waals surface area (Å²) in [6.45, 7) is 0.738. The molecule has 212 valence electrons. The molecule has 3 aromatic carbocycles. The first-order valence-electron chi connectivity index (χ1n) is 13.6. The molecule has 1 fully saturated rings. The molecule has 0 amide bonds. The number of hydrogen-bond acceptors (Lipinski definition) is 5. The average molecular weight is 566 g/mol. The largest absolute Gasteiger partial charge is 0.469 e. The first-order chi connectivity index (χ1) is 19.4. The number of ether oxygens (including phenoxy) is 2. The Hall–Kier alpha value is -3.33. The molecule has 4 rings (SSSR count). The molecular formula is C32H36FNO5S. The maximum Gasteiger partial charge on any atom is 0.305 e. The molecule has 6 nitrogen and oxygen atoms in total. The molecule has 1 saturated carbocycles. The second kappa shape index (κ2) is 14.3. The molecule has 0 radical (unpaired) electrons. The summed E-state index contributed by atoms with van der Waals surface area (Å²) in [4.78, 5) is 11.4. The standard InChI is InChI=1S/C32H36FNO5S/c1-38-32(35)11-7-3-6-10-30-27(22-34-40(36,37)29-19-17-28(33)18-20-29)16-21-31(30)39-23-24-12-14-26(15-13-24)25-8-4-2-5-9-25/h2-6,8-9,12-15,17-20,27,30-31,34H,7,10-11,16,21-23H2,1H3/t27-,30-,31+/m1/s1. The molecule has 0 saturated heterocycles. The van der Waals surface area contributed by atoms with Crippen LogP contribution in [0, 0.1) is 17.7 Å². The van der Waals surface area contributed by atoms with E-state index < -0.39 is 15.8 Å². The minimum absolute atomic E-state index is 0.0283. The Morgan fingerprint density at radius 2 is 1.65 bits per heavy atom. The summed E-state index contributed by atoms with van der Waals surface area (Å²) in [5.41, 5.74) is 3.39. The van der Waals surface area contributed by atoms with Gasteiger partial charge in [0.2, 0.25) is 10.0 Å². The number of nitrogens with one attached hydrogen (secondary N) is 1. The molecule has 3 atom stereocenters. The fourth-order valence-corrected chi connectivity index (χ4v) is 6.22. The van der Waals surface area contributed by atoms with Crippen molar-refractivity contribution in [3.63, 3.8) is 0 Å². The summed E-state index contributed by atoms with van der Waals surface area (Å²) >= 11 is 0. The van der Waals surface area contributed by atoms with Crippen molar-refractivity contribution in [3.05, 3.63) is 102 Å². The van der Waals surface area contributed by atoms with Crippen molar-refractivity contribution >= 4 is 16.0 Å². The van der Waals surface area contributed by atoms with Gasteiger partial charge in [-0.05, 0) is 78.5 Å². The highest BCUT2D eigenvalue weighted by molar-refractivity contribution is 7.89. The lowest BCUT2D eigenvalue weighted by atomic mass is 9.91. The number of sulfonamides is 1. The molecule has 1 N–H and O–H groups in total. The lowest BCUT2D eigenvalue weighted by molar-refractivity contribution is -0.140. The van der Waals surface area contributed by atoms with Crippen molar-refractivity contribution in [2.75, 3.05) is 13.7 Å². The topological polar surface area (TPSA) is 81.7 Å². The number of carbonyl (C=O) groups excluding carboxylic acids is 1. The van der Waals surface area contributed by atoms with E-state index in [9.17, 15) is 17.6 Å². The van der Waals surface area contributed by atoms with Crippen molar-refractivity contribution in [1.82, 2.24) is 4.72 Å². The summed E-state index contributed by atoms with van der Waals surface area (Å²) < 4.78 is 52.7. The normalized spacial score (nSPS) is 19.2. The van der Waals surface area contributed by atoms with E-state index in [1.807, 2.05) is 30.4 Å². The van der Waals surface area contributed by atoms with Gasteiger partial charge in [-0.15, -0.1) is 0 Å². The lowest BCUT2D eigenvalue weighted by Gasteiger charge is -2.24. The highest BCUT2D eigenvalue weighted by Crippen LogP contribution is 2.37. The van der Waals surface area contributed by atoms with Crippen molar-refractivity contribution < 1.29 is 27.1 Å². The molecule has 40 heavy (non-hydrogen) atoms. The van der Waals surface area contributed by atoms with Crippen molar-refractivity contribution in [2.45, 2.75) is 49.7 Å². The minimum Gasteiger partial charge on any atom is -0.469 e. The van der Waals surface area contributed by atoms with Gasteiger partial charge in [0.15, 0.2) is 0 Å². The molecule has 1 aliphatic rings. The Labute approximate surface area is 236 Å². The summed E-state index contributed by atoms with van der Waals surface area (Å²) in [6.07, 6.45) is 7.24. The van der Waals surface area contributed by atoms with Crippen LogP contribution in [-0.4, -0.2) is 34.1 Å². The fraction of sp³-hybridized carbons (Fsp3) is 0.344.